The van der Waals surface area contributed by atoms with Crippen LogP contribution in [0.4, 0.5) is 18.9 Å². The number of hydrogen-bond donors (Lipinski definition) is 2. The molecular formula is C41H46F3N5O4. The second kappa shape index (κ2) is 16.0. The van der Waals surface area contributed by atoms with Crippen molar-refractivity contribution in [1.82, 2.24) is 19.6 Å². The molecule has 2 N–H and O–H groups in total. The highest BCUT2D eigenvalue weighted by Crippen LogP contribution is 2.39. The van der Waals surface area contributed by atoms with Gasteiger partial charge in [0.1, 0.15) is 5.75 Å². The molecule has 0 radical (unpaired) electrons. The van der Waals surface area contributed by atoms with Crippen molar-refractivity contribution in [2.75, 3.05) is 45.2 Å². The summed E-state index contributed by atoms with van der Waals surface area (Å²) in [5.74, 6) is -1.38. The molecule has 1 amide bonds. The van der Waals surface area contributed by atoms with Gasteiger partial charge in [-0.1, -0.05) is 49.4 Å². The number of piperidine rings is 1. The van der Waals surface area contributed by atoms with Crippen molar-refractivity contribution >= 4 is 29.7 Å². The molecule has 0 spiro atoms. The minimum Gasteiger partial charge on any atom is -0.496 e. The molecule has 9 nitrogen and oxygen atoms in total. The van der Waals surface area contributed by atoms with Gasteiger partial charge in [-0.3, -0.25) is 19.2 Å². The molecule has 0 aliphatic carbocycles. The molecule has 3 aromatic carbocycles. The van der Waals surface area contributed by atoms with Crippen molar-refractivity contribution in [2.24, 2.45) is 5.92 Å². The predicted molar refractivity (Wildman–Crippen MR) is 200 cm³/mol. The first kappa shape index (κ1) is 37.8. The maximum absolute atomic E-state index is 14.4. The highest BCUT2D eigenvalue weighted by Gasteiger charge is 2.35. The fourth-order valence-electron chi connectivity index (χ4n) is 7.47. The van der Waals surface area contributed by atoms with Crippen LogP contribution in [0, 0.1) is 19.8 Å². The van der Waals surface area contributed by atoms with Gasteiger partial charge in [-0.15, -0.1) is 0 Å². The highest BCUT2D eigenvalue weighted by atomic mass is 19.4. The van der Waals surface area contributed by atoms with Crippen molar-refractivity contribution in [2.45, 2.75) is 58.8 Å². The van der Waals surface area contributed by atoms with Gasteiger partial charge in [0.05, 0.1) is 36.4 Å². The zero-order valence-corrected chi connectivity index (χ0v) is 30.5. The molecule has 2 aliphatic rings. The van der Waals surface area contributed by atoms with E-state index in [0.717, 1.165) is 66.4 Å². The standard InChI is InChI=1S/C41H46F3N5O4/c1-5-47-18-15-33(16-19-47)49-25-32(22-45-49)39(50)46-37-11-7-10-35(27(37)3)34-9-6-8-28(26(34)2)12-13-29-21-38(53-4)31(20-36(29)41(42,43)44)24-48-17-14-30(23-48)40(51)52/h6-13,20-22,25,30,33H,5,14-19,23-24H2,1-4H3,(H,46,50)(H,51,52)/b13-12+/t30-/m1/s1. The van der Waals surface area contributed by atoms with Crippen molar-refractivity contribution in [3.8, 4) is 16.9 Å². The van der Waals surface area contributed by atoms with Gasteiger partial charge in [-0.2, -0.15) is 18.3 Å². The summed E-state index contributed by atoms with van der Waals surface area (Å²) in [6.07, 6.45) is 4.36. The van der Waals surface area contributed by atoms with E-state index in [-0.39, 0.29) is 30.6 Å². The lowest BCUT2D eigenvalue weighted by molar-refractivity contribution is -0.141. The summed E-state index contributed by atoms with van der Waals surface area (Å²) in [5.41, 5.74) is 4.91. The van der Waals surface area contributed by atoms with Crippen LogP contribution in [0.1, 0.15) is 76.0 Å². The van der Waals surface area contributed by atoms with Crippen LogP contribution >= 0.6 is 0 Å². The van der Waals surface area contributed by atoms with Crippen LogP contribution in [-0.4, -0.2) is 76.4 Å². The van der Waals surface area contributed by atoms with Crippen LogP contribution < -0.4 is 10.1 Å². The van der Waals surface area contributed by atoms with Crippen LogP contribution in [0.15, 0.2) is 60.9 Å². The number of methoxy groups -OCH3 is 1. The van der Waals surface area contributed by atoms with Crippen molar-refractivity contribution in [3.63, 3.8) is 0 Å². The topological polar surface area (TPSA) is 99.9 Å². The zero-order chi connectivity index (χ0) is 37.9. The van der Waals surface area contributed by atoms with Crippen molar-refractivity contribution < 1.29 is 32.6 Å². The van der Waals surface area contributed by atoms with Gasteiger partial charge in [0.2, 0.25) is 0 Å². The molecule has 2 aliphatic heterocycles. The Kier molecular flexibility index (Phi) is 11.4. The summed E-state index contributed by atoms with van der Waals surface area (Å²) in [4.78, 5) is 29.0. The Morgan fingerprint density at radius 1 is 0.962 bits per heavy atom. The average molecular weight is 730 g/mol. The number of carbonyl (C=O) groups excluding carboxylic acids is 1. The Labute approximate surface area is 308 Å². The number of rotatable bonds is 11. The maximum Gasteiger partial charge on any atom is 0.417 e. The van der Waals surface area contributed by atoms with Gasteiger partial charge in [0.25, 0.3) is 5.91 Å². The number of carbonyl (C=O) groups is 2. The van der Waals surface area contributed by atoms with Crippen LogP contribution in [0.5, 0.6) is 5.75 Å². The van der Waals surface area contributed by atoms with Gasteiger partial charge in [0, 0.05) is 43.6 Å². The molecule has 0 saturated carbocycles. The molecule has 6 rings (SSSR count). The number of likely N-dealkylation sites (tertiary alicyclic amines) is 2. The number of amides is 1. The Bertz CT molecular complexity index is 2000. The van der Waals surface area contributed by atoms with Gasteiger partial charge in [-0.25, -0.2) is 0 Å². The normalized spacial score (nSPS) is 17.5. The monoisotopic (exact) mass is 729 g/mol. The molecule has 1 atom stereocenters. The molecule has 1 aromatic heterocycles. The number of nitrogens with one attached hydrogen (secondary N) is 1. The summed E-state index contributed by atoms with van der Waals surface area (Å²) in [5, 5.41) is 16.9. The second-order valence-corrected chi connectivity index (χ2v) is 14.0. The molecule has 280 valence electrons. The van der Waals surface area contributed by atoms with Crippen molar-refractivity contribution in [1.29, 1.82) is 0 Å². The molecule has 2 fully saturated rings. The third-order valence-electron chi connectivity index (χ3n) is 10.7. The number of ether oxygens (including phenoxy) is 1. The van der Waals surface area contributed by atoms with E-state index in [9.17, 15) is 27.9 Å². The number of nitrogens with zero attached hydrogens (tertiary/aromatic N) is 4. The van der Waals surface area contributed by atoms with Gasteiger partial charge < -0.3 is 20.1 Å². The molecule has 3 heterocycles. The van der Waals surface area contributed by atoms with Crippen molar-refractivity contribution in [3.05, 3.63) is 99.9 Å². The number of halogens is 3. The van der Waals surface area contributed by atoms with E-state index in [0.29, 0.717) is 35.5 Å². The number of aliphatic carboxylic acids is 1. The second-order valence-electron chi connectivity index (χ2n) is 14.0. The number of carboxylic acids is 1. The van der Waals surface area contributed by atoms with Gasteiger partial charge in [-0.05, 0) is 97.8 Å². The van der Waals surface area contributed by atoms with Gasteiger partial charge >= 0.3 is 12.1 Å². The van der Waals surface area contributed by atoms with E-state index in [1.807, 2.05) is 66.0 Å². The third kappa shape index (κ3) is 8.49. The minimum absolute atomic E-state index is 0.0385. The Hall–Kier alpha value is -4.94. The molecule has 0 unspecified atom stereocenters. The van der Waals surface area contributed by atoms with E-state index >= 15 is 0 Å². The van der Waals surface area contributed by atoms with E-state index < -0.39 is 23.6 Å². The van der Waals surface area contributed by atoms with E-state index in [2.05, 4.69) is 22.2 Å². The largest absolute Gasteiger partial charge is 0.496 e. The minimum atomic E-state index is -4.63. The van der Waals surface area contributed by atoms with Crippen LogP contribution in [-0.2, 0) is 17.5 Å². The smallest absolute Gasteiger partial charge is 0.417 e. The number of carboxylic acid groups (broad SMARTS) is 1. The van der Waals surface area contributed by atoms with E-state index in [1.54, 1.807) is 12.3 Å². The SMILES string of the molecule is CCN1CCC(n2cc(C(=O)Nc3cccc(-c4cccc(/C=C/c5cc(OC)c(CN6CC[C@@H](C(=O)O)C6)cc5C(F)(F)F)c4C)c3C)cn2)CC1. The Morgan fingerprint density at radius 3 is 2.30 bits per heavy atom. The lowest BCUT2D eigenvalue weighted by Gasteiger charge is -2.31. The zero-order valence-electron chi connectivity index (χ0n) is 30.5. The number of benzene rings is 3. The van der Waals surface area contributed by atoms with Crippen LogP contribution in [0.2, 0.25) is 0 Å². The lowest BCUT2D eigenvalue weighted by Crippen LogP contribution is -2.34. The van der Waals surface area contributed by atoms with Crippen LogP contribution in [0.3, 0.4) is 0 Å². The quantitative estimate of drug-likeness (QED) is 0.150. The summed E-state index contributed by atoms with van der Waals surface area (Å²) >= 11 is 0. The first-order valence-electron chi connectivity index (χ1n) is 18.0. The molecule has 12 heteroatoms. The molecule has 2 saturated heterocycles. The number of aromatic nitrogens is 2. The number of hydrogen-bond acceptors (Lipinski definition) is 6. The summed E-state index contributed by atoms with van der Waals surface area (Å²) in [6, 6.07) is 14.1. The molecule has 53 heavy (non-hydrogen) atoms. The first-order chi connectivity index (χ1) is 25.4. The molecular weight excluding hydrogens is 683 g/mol. The maximum atomic E-state index is 14.4. The fourth-order valence-corrected chi connectivity index (χ4v) is 7.47. The predicted octanol–water partition coefficient (Wildman–Crippen LogP) is 8.18. The summed E-state index contributed by atoms with van der Waals surface area (Å²) < 4.78 is 50.7. The van der Waals surface area contributed by atoms with Gasteiger partial charge in [0.15, 0.2) is 0 Å². The first-order valence-corrected chi connectivity index (χ1v) is 18.0. The Balaban J connectivity index is 1.22. The van der Waals surface area contributed by atoms with E-state index in [1.165, 1.54) is 19.3 Å². The lowest BCUT2D eigenvalue weighted by atomic mass is 9.92. The fraction of sp³-hybridized carbons (Fsp3) is 0.390. The summed E-state index contributed by atoms with van der Waals surface area (Å²) in [6.45, 7) is 10.00. The number of alkyl halides is 3. The van der Waals surface area contributed by atoms with Crippen LogP contribution in [0.25, 0.3) is 23.3 Å². The highest BCUT2D eigenvalue weighted by molar-refractivity contribution is 6.04. The number of anilines is 1. The third-order valence-corrected chi connectivity index (χ3v) is 10.7. The van der Waals surface area contributed by atoms with E-state index in [4.69, 9.17) is 4.74 Å². The molecule has 4 aromatic rings. The summed E-state index contributed by atoms with van der Waals surface area (Å²) in [7, 11) is 1.42. The Morgan fingerprint density at radius 2 is 1.64 bits per heavy atom. The molecule has 0 bridgehead atoms. The average Bonchev–Trinajstić information content (AvgIpc) is 3.83.